The maximum atomic E-state index is 13.6. The molecule has 0 aliphatic rings. The van der Waals surface area contributed by atoms with Gasteiger partial charge in [0.05, 0.1) is 5.69 Å². The van der Waals surface area contributed by atoms with Gasteiger partial charge in [0, 0.05) is 10.5 Å². The van der Waals surface area contributed by atoms with Gasteiger partial charge < -0.3 is 5.32 Å². The predicted octanol–water partition coefficient (Wildman–Crippen LogP) is 5.07. The number of nitrogens with one attached hydrogen (secondary N) is 1. The molecule has 3 heteroatoms. The zero-order chi connectivity index (χ0) is 13.1. The third-order valence-electron chi connectivity index (χ3n) is 2.84. The average Bonchev–Trinajstić information content (AvgIpc) is 2.34. The molecule has 0 saturated heterocycles. The predicted molar refractivity (Wildman–Crippen MR) is 77.3 cm³/mol. The topological polar surface area (TPSA) is 12.0 Å². The molecule has 2 rings (SSSR count). The van der Waals surface area contributed by atoms with Crippen molar-refractivity contribution in [3.05, 3.63) is 63.9 Å². The van der Waals surface area contributed by atoms with Gasteiger partial charge in [-0.3, -0.25) is 0 Å². The number of anilines is 1. The molecule has 0 amide bonds. The Hall–Kier alpha value is -1.35. The van der Waals surface area contributed by atoms with Gasteiger partial charge in [-0.2, -0.15) is 0 Å². The molecule has 1 atom stereocenters. The van der Waals surface area contributed by atoms with Crippen molar-refractivity contribution in [2.45, 2.75) is 19.9 Å². The Labute approximate surface area is 115 Å². The Balaban J connectivity index is 2.21. The Morgan fingerprint density at radius 3 is 2.67 bits per heavy atom. The molecule has 0 fully saturated rings. The molecule has 1 nitrogen and oxygen atoms in total. The highest BCUT2D eigenvalue weighted by atomic mass is 79.9. The molecule has 0 heterocycles. The normalized spacial score (nSPS) is 12.2. The highest BCUT2D eigenvalue weighted by Crippen LogP contribution is 2.25. The lowest BCUT2D eigenvalue weighted by Gasteiger charge is -2.17. The fourth-order valence-corrected chi connectivity index (χ4v) is 2.23. The van der Waals surface area contributed by atoms with Crippen molar-refractivity contribution >= 4 is 21.6 Å². The van der Waals surface area contributed by atoms with Gasteiger partial charge >= 0.3 is 0 Å². The van der Waals surface area contributed by atoms with Crippen molar-refractivity contribution in [2.24, 2.45) is 0 Å². The van der Waals surface area contributed by atoms with Gasteiger partial charge in [0.25, 0.3) is 0 Å². The lowest BCUT2D eigenvalue weighted by atomic mass is 10.1. The first-order chi connectivity index (χ1) is 8.56. The molecule has 2 aromatic rings. The summed E-state index contributed by atoms with van der Waals surface area (Å²) in [5, 5.41) is 3.19. The molecule has 0 bridgehead atoms. The zero-order valence-electron chi connectivity index (χ0n) is 10.4. The molecule has 0 spiro atoms. The molecule has 0 aliphatic carbocycles. The van der Waals surface area contributed by atoms with Gasteiger partial charge in [0.2, 0.25) is 0 Å². The first-order valence-corrected chi connectivity index (χ1v) is 6.64. The largest absolute Gasteiger partial charge is 0.376 e. The Morgan fingerprint density at radius 2 is 1.94 bits per heavy atom. The number of aryl methyl sites for hydroxylation is 1. The van der Waals surface area contributed by atoms with E-state index in [1.807, 2.05) is 19.1 Å². The molecule has 0 aliphatic heterocycles. The van der Waals surface area contributed by atoms with Crippen LogP contribution in [-0.2, 0) is 0 Å². The maximum Gasteiger partial charge on any atom is 0.146 e. The van der Waals surface area contributed by atoms with E-state index in [2.05, 4.69) is 40.3 Å². The van der Waals surface area contributed by atoms with Crippen LogP contribution in [0.1, 0.15) is 24.1 Å². The van der Waals surface area contributed by atoms with Crippen molar-refractivity contribution in [2.75, 3.05) is 5.32 Å². The van der Waals surface area contributed by atoms with Crippen molar-refractivity contribution < 1.29 is 4.39 Å². The fraction of sp³-hybridized carbons (Fsp3) is 0.200. The molecule has 18 heavy (non-hydrogen) atoms. The molecule has 0 aromatic heterocycles. The Kier molecular flexibility index (Phi) is 4.02. The highest BCUT2D eigenvalue weighted by molar-refractivity contribution is 9.10. The first kappa shape index (κ1) is 13.1. The summed E-state index contributed by atoms with van der Waals surface area (Å²) in [5.74, 6) is -0.238. The molecule has 94 valence electrons. The summed E-state index contributed by atoms with van der Waals surface area (Å²) in [7, 11) is 0. The van der Waals surface area contributed by atoms with Crippen LogP contribution in [-0.4, -0.2) is 0 Å². The van der Waals surface area contributed by atoms with E-state index >= 15 is 0 Å². The zero-order valence-corrected chi connectivity index (χ0v) is 12.0. The van der Waals surface area contributed by atoms with Crippen LogP contribution in [0, 0.1) is 12.7 Å². The summed E-state index contributed by atoms with van der Waals surface area (Å²) in [6.45, 7) is 4.07. The van der Waals surface area contributed by atoms with Crippen LogP contribution in [0.5, 0.6) is 0 Å². The quantitative estimate of drug-likeness (QED) is 0.834. The van der Waals surface area contributed by atoms with E-state index in [0.29, 0.717) is 5.69 Å². The molecule has 2 aromatic carbocycles. The van der Waals surface area contributed by atoms with Crippen molar-refractivity contribution in [1.29, 1.82) is 0 Å². The van der Waals surface area contributed by atoms with E-state index in [1.54, 1.807) is 12.1 Å². The fourth-order valence-electron chi connectivity index (χ4n) is 1.86. The van der Waals surface area contributed by atoms with Crippen LogP contribution in [0.25, 0.3) is 0 Å². The van der Waals surface area contributed by atoms with Crippen LogP contribution < -0.4 is 5.32 Å². The summed E-state index contributed by atoms with van der Waals surface area (Å²) in [5.41, 5.74) is 2.86. The van der Waals surface area contributed by atoms with Gasteiger partial charge in [-0.25, -0.2) is 4.39 Å². The molecule has 1 N–H and O–H groups in total. The Morgan fingerprint density at radius 1 is 1.17 bits per heavy atom. The second-order valence-electron chi connectivity index (χ2n) is 4.40. The summed E-state index contributed by atoms with van der Waals surface area (Å²) in [4.78, 5) is 0. The lowest BCUT2D eigenvalue weighted by molar-refractivity contribution is 0.627. The van der Waals surface area contributed by atoms with Gasteiger partial charge in [0.15, 0.2) is 0 Å². The maximum absolute atomic E-state index is 13.6. The van der Waals surface area contributed by atoms with E-state index in [1.165, 1.54) is 11.6 Å². The van der Waals surface area contributed by atoms with Gasteiger partial charge in [-0.15, -0.1) is 0 Å². The number of benzene rings is 2. The van der Waals surface area contributed by atoms with E-state index in [-0.39, 0.29) is 11.9 Å². The summed E-state index contributed by atoms with van der Waals surface area (Å²) in [6, 6.07) is 13.2. The molecule has 1 unspecified atom stereocenters. The summed E-state index contributed by atoms with van der Waals surface area (Å²) < 4.78 is 14.5. The van der Waals surface area contributed by atoms with Crippen molar-refractivity contribution in [1.82, 2.24) is 0 Å². The highest BCUT2D eigenvalue weighted by Gasteiger charge is 2.09. The minimum Gasteiger partial charge on any atom is -0.376 e. The standard InChI is InChI=1S/C15H15BrFN/c1-10-4-3-5-12(8-10)11(2)18-15-9-13(16)6-7-14(15)17/h3-9,11,18H,1-2H3. The summed E-state index contributed by atoms with van der Waals surface area (Å²) >= 11 is 3.35. The second-order valence-corrected chi connectivity index (χ2v) is 5.32. The van der Waals surface area contributed by atoms with E-state index in [9.17, 15) is 4.39 Å². The second kappa shape index (κ2) is 5.53. The van der Waals surface area contributed by atoms with Crippen LogP contribution in [0.3, 0.4) is 0 Å². The third kappa shape index (κ3) is 3.10. The number of halogens is 2. The van der Waals surface area contributed by atoms with Crippen molar-refractivity contribution in [3.8, 4) is 0 Å². The monoisotopic (exact) mass is 307 g/mol. The van der Waals surface area contributed by atoms with Crippen LogP contribution >= 0.6 is 15.9 Å². The average molecular weight is 308 g/mol. The summed E-state index contributed by atoms with van der Waals surface area (Å²) in [6.07, 6.45) is 0. The van der Waals surface area contributed by atoms with E-state index in [0.717, 1.165) is 10.0 Å². The molecule has 0 radical (unpaired) electrons. The SMILES string of the molecule is Cc1cccc(C(C)Nc2cc(Br)ccc2F)c1. The number of hydrogen-bond donors (Lipinski definition) is 1. The third-order valence-corrected chi connectivity index (χ3v) is 3.34. The van der Waals surface area contributed by atoms with E-state index < -0.39 is 0 Å². The van der Waals surface area contributed by atoms with Crippen LogP contribution in [0.15, 0.2) is 46.9 Å². The molecule has 0 saturated carbocycles. The van der Waals surface area contributed by atoms with Crippen LogP contribution in [0.4, 0.5) is 10.1 Å². The van der Waals surface area contributed by atoms with Crippen molar-refractivity contribution in [3.63, 3.8) is 0 Å². The number of hydrogen-bond acceptors (Lipinski definition) is 1. The minimum absolute atomic E-state index is 0.0636. The molecular formula is C15H15BrFN. The smallest absolute Gasteiger partial charge is 0.146 e. The lowest BCUT2D eigenvalue weighted by Crippen LogP contribution is -2.08. The van der Waals surface area contributed by atoms with Gasteiger partial charge in [0.1, 0.15) is 5.82 Å². The molecular weight excluding hydrogens is 293 g/mol. The van der Waals surface area contributed by atoms with Crippen LogP contribution in [0.2, 0.25) is 0 Å². The Bertz CT molecular complexity index is 554. The number of rotatable bonds is 3. The first-order valence-electron chi connectivity index (χ1n) is 5.84. The minimum atomic E-state index is -0.238. The van der Waals surface area contributed by atoms with Gasteiger partial charge in [-0.1, -0.05) is 45.8 Å². The van der Waals surface area contributed by atoms with E-state index in [4.69, 9.17) is 0 Å². The van der Waals surface area contributed by atoms with Gasteiger partial charge in [-0.05, 0) is 37.6 Å².